The molecule has 0 aliphatic carbocycles. The molecule has 25 heavy (non-hydrogen) atoms. The molecule has 3 aromatic rings. The fourth-order valence-corrected chi connectivity index (χ4v) is 3.40. The Morgan fingerprint density at radius 2 is 1.88 bits per heavy atom. The van der Waals surface area contributed by atoms with Crippen LogP contribution < -0.4 is 10.6 Å². The first-order chi connectivity index (χ1) is 12.1. The van der Waals surface area contributed by atoms with Crippen molar-refractivity contribution < 1.29 is 4.79 Å². The summed E-state index contributed by atoms with van der Waals surface area (Å²) in [5.41, 5.74) is 2.46. The van der Waals surface area contributed by atoms with Gasteiger partial charge in [-0.1, -0.05) is 54.1 Å². The van der Waals surface area contributed by atoms with Crippen molar-refractivity contribution in [3.63, 3.8) is 0 Å². The minimum absolute atomic E-state index is 0.0675. The van der Waals surface area contributed by atoms with Crippen LogP contribution in [0, 0.1) is 0 Å². The first-order valence-electron chi connectivity index (χ1n) is 7.92. The van der Waals surface area contributed by atoms with Gasteiger partial charge in [-0.05, 0) is 24.6 Å². The molecule has 4 nitrogen and oxygen atoms in total. The lowest BCUT2D eigenvalue weighted by Crippen LogP contribution is -2.27. The van der Waals surface area contributed by atoms with Crippen molar-refractivity contribution in [2.24, 2.45) is 0 Å². The van der Waals surface area contributed by atoms with Gasteiger partial charge >= 0.3 is 0 Å². The Hall–Kier alpha value is -2.37. The summed E-state index contributed by atoms with van der Waals surface area (Å²) >= 11 is 7.28. The third-order valence-electron chi connectivity index (χ3n) is 3.80. The van der Waals surface area contributed by atoms with Gasteiger partial charge < -0.3 is 10.6 Å². The van der Waals surface area contributed by atoms with Crippen molar-refractivity contribution in [1.29, 1.82) is 0 Å². The summed E-state index contributed by atoms with van der Waals surface area (Å²) in [6.45, 7) is 2.55. The summed E-state index contributed by atoms with van der Waals surface area (Å²) in [7, 11) is 0. The summed E-state index contributed by atoms with van der Waals surface area (Å²) in [6, 6.07) is 17.3. The Morgan fingerprint density at radius 3 is 2.60 bits per heavy atom. The predicted molar refractivity (Wildman–Crippen MR) is 103 cm³/mol. The molecule has 0 spiro atoms. The molecule has 2 aromatic carbocycles. The number of nitrogens with zero attached hydrogens (tertiary/aromatic N) is 1. The number of rotatable bonds is 6. The monoisotopic (exact) mass is 371 g/mol. The van der Waals surface area contributed by atoms with Crippen molar-refractivity contribution >= 4 is 34.5 Å². The molecular formula is C19H18ClN3OS. The van der Waals surface area contributed by atoms with E-state index in [2.05, 4.69) is 15.6 Å². The van der Waals surface area contributed by atoms with Gasteiger partial charge in [-0.2, -0.15) is 0 Å². The zero-order valence-corrected chi connectivity index (χ0v) is 15.3. The number of amides is 1. The van der Waals surface area contributed by atoms with E-state index < -0.39 is 0 Å². The molecule has 0 fully saturated rings. The molecular weight excluding hydrogens is 354 g/mol. The maximum absolute atomic E-state index is 12.7. The van der Waals surface area contributed by atoms with Gasteiger partial charge in [0.1, 0.15) is 0 Å². The second-order valence-corrected chi connectivity index (χ2v) is 7.28. The van der Waals surface area contributed by atoms with E-state index in [1.807, 2.05) is 61.5 Å². The average Bonchev–Trinajstić information content (AvgIpc) is 3.06. The zero-order valence-electron chi connectivity index (χ0n) is 13.7. The molecule has 6 heteroatoms. The molecule has 0 bridgehead atoms. The number of aromatic nitrogens is 1. The van der Waals surface area contributed by atoms with E-state index in [0.29, 0.717) is 16.6 Å². The van der Waals surface area contributed by atoms with Crippen molar-refractivity contribution in [2.75, 3.05) is 5.32 Å². The average molecular weight is 372 g/mol. The van der Waals surface area contributed by atoms with Gasteiger partial charge in [0.2, 0.25) is 0 Å². The van der Waals surface area contributed by atoms with Gasteiger partial charge in [0.25, 0.3) is 5.91 Å². The molecule has 3 rings (SSSR count). The minimum atomic E-state index is -0.109. The molecule has 1 aromatic heterocycles. The standard InChI is InChI=1S/C19H18ClN3OS/c1-13(14-7-3-2-4-8-14)23-18(24)16-9-5-6-10-17(16)21-11-15-12-22-19(20)25-15/h2-10,12-13,21H,11H2,1H3,(H,23,24). The molecule has 128 valence electrons. The largest absolute Gasteiger partial charge is 0.379 e. The lowest BCUT2D eigenvalue weighted by molar-refractivity contribution is 0.0940. The van der Waals surface area contributed by atoms with Gasteiger partial charge in [-0.3, -0.25) is 4.79 Å². The molecule has 1 amide bonds. The Kier molecular flexibility index (Phi) is 5.68. The molecule has 1 atom stereocenters. The summed E-state index contributed by atoms with van der Waals surface area (Å²) in [6.07, 6.45) is 1.74. The number of carbonyl (C=O) groups is 1. The highest BCUT2D eigenvalue weighted by atomic mass is 35.5. The van der Waals surface area contributed by atoms with E-state index >= 15 is 0 Å². The number of carbonyl (C=O) groups excluding carboxylic acids is 1. The SMILES string of the molecule is CC(NC(=O)c1ccccc1NCc1cnc(Cl)s1)c1ccccc1. The van der Waals surface area contributed by atoms with Gasteiger partial charge in [0, 0.05) is 16.8 Å². The van der Waals surface area contributed by atoms with Gasteiger partial charge in [-0.25, -0.2) is 4.98 Å². The topological polar surface area (TPSA) is 54.0 Å². The van der Waals surface area contributed by atoms with Crippen LogP contribution >= 0.6 is 22.9 Å². The van der Waals surface area contributed by atoms with E-state index in [4.69, 9.17) is 11.6 Å². The molecule has 0 aliphatic heterocycles. The number of para-hydroxylation sites is 1. The van der Waals surface area contributed by atoms with Crippen molar-refractivity contribution in [2.45, 2.75) is 19.5 Å². The van der Waals surface area contributed by atoms with Crippen LogP contribution in [-0.2, 0) is 6.54 Å². The van der Waals surface area contributed by atoms with Crippen LogP contribution in [0.3, 0.4) is 0 Å². The van der Waals surface area contributed by atoms with E-state index in [-0.39, 0.29) is 11.9 Å². The van der Waals surface area contributed by atoms with Gasteiger partial charge in [0.05, 0.1) is 18.2 Å². The Bertz CT molecular complexity index is 851. The highest BCUT2D eigenvalue weighted by molar-refractivity contribution is 7.15. The summed E-state index contributed by atoms with van der Waals surface area (Å²) in [5.74, 6) is -0.109. The first kappa shape index (κ1) is 17.5. The van der Waals surface area contributed by atoms with Crippen molar-refractivity contribution in [1.82, 2.24) is 10.3 Å². The van der Waals surface area contributed by atoms with Crippen LogP contribution in [0.1, 0.15) is 33.8 Å². The Labute approximate surface area is 155 Å². The maximum atomic E-state index is 12.7. The molecule has 1 unspecified atom stereocenters. The maximum Gasteiger partial charge on any atom is 0.253 e. The number of halogens is 1. The second-order valence-electron chi connectivity index (χ2n) is 5.58. The quantitative estimate of drug-likeness (QED) is 0.648. The van der Waals surface area contributed by atoms with Crippen LogP contribution in [0.15, 0.2) is 60.8 Å². The van der Waals surface area contributed by atoms with E-state index in [9.17, 15) is 4.79 Å². The third kappa shape index (κ3) is 4.59. The summed E-state index contributed by atoms with van der Waals surface area (Å²) < 4.78 is 0.513. The number of anilines is 1. The smallest absolute Gasteiger partial charge is 0.253 e. The molecule has 0 saturated heterocycles. The molecule has 0 saturated carbocycles. The molecule has 0 aliphatic rings. The van der Waals surface area contributed by atoms with Crippen LogP contribution in [0.4, 0.5) is 5.69 Å². The highest BCUT2D eigenvalue weighted by Crippen LogP contribution is 2.21. The number of benzene rings is 2. The lowest BCUT2D eigenvalue weighted by Gasteiger charge is -2.16. The minimum Gasteiger partial charge on any atom is -0.379 e. The van der Waals surface area contributed by atoms with Crippen LogP contribution in [0.5, 0.6) is 0 Å². The highest BCUT2D eigenvalue weighted by Gasteiger charge is 2.14. The van der Waals surface area contributed by atoms with Crippen LogP contribution in [-0.4, -0.2) is 10.9 Å². The lowest BCUT2D eigenvalue weighted by atomic mass is 10.1. The Balaban J connectivity index is 1.70. The number of thiazole rings is 1. The number of hydrogen-bond acceptors (Lipinski definition) is 4. The number of hydrogen-bond donors (Lipinski definition) is 2. The summed E-state index contributed by atoms with van der Waals surface area (Å²) in [5, 5.41) is 6.33. The van der Waals surface area contributed by atoms with Gasteiger partial charge in [-0.15, -0.1) is 11.3 Å². The van der Waals surface area contributed by atoms with Crippen molar-refractivity contribution in [3.05, 3.63) is 81.3 Å². The number of nitrogens with one attached hydrogen (secondary N) is 2. The predicted octanol–water partition coefficient (Wildman–Crippen LogP) is 4.90. The normalized spacial score (nSPS) is 11.8. The van der Waals surface area contributed by atoms with Crippen molar-refractivity contribution in [3.8, 4) is 0 Å². The second kappa shape index (κ2) is 8.14. The first-order valence-corrected chi connectivity index (χ1v) is 9.12. The van der Waals surface area contributed by atoms with Gasteiger partial charge in [0.15, 0.2) is 4.47 Å². The van der Waals surface area contributed by atoms with E-state index in [1.165, 1.54) is 11.3 Å². The summed E-state index contributed by atoms with van der Waals surface area (Å²) in [4.78, 5) is 17.7. The third-order valence-corrected chi connectivity index (χ3v) is 4.91. The molecule has 1 heterocycles. The van der Waals surface area contributed by atoms with Crippen LogP contribution in [0.2, 0.25) is 4.47 Å². The van der Waals surface area contributed by atoms with E-state index in [1.54, 1.807) is 6.20 Å². The molecule has 0 radical (unpaired) electrons. The fraction of sp³-hybridized carbons (Fsp3) is 0.158. The Morgan fingerprint density at radius 1 is 1.16 bits per heavy atom. The zero-order chi connectivity index (χ0) is 17.6. The molecule has 2 N–H and O–H groups in total. The fourth-order valence-electron chi connectivity index (χ4n) is 2.48. The van der Waals surface area contributed by atoms with E-state index in [0.717, 1.165) is 16.1 Å². The van der Waals surface area contributed by atoms with Crippen LogP contribution in [0.25, 0.3) is 0 Å².